The number of rotatable bonds is 5. The van der Waals surface area contributed by atoms with Gasteiger partial charge in [-0.1, -0.05) is 0 Å². The number of hydrogen-bond donors (Lipinski definition) is 1. The Morgan fingerprint density at radius 2 is 1.63 bits per heavy atom. The minimum Gasteiger partial charge on any atom is -0.453 e. The molecule has 5 aliphatic rings. The van der Waals surface area contributed by atoms with Crippen LogP contribution in [0.3, 0.4) is 0 Å². The second kappa shape index (κ2) is 6.04. The third kappa shape index (κ3) is 3.05. The zero-order valence-electron chi connectivity index (χ0n) is 16.2. The summed E-state index contributed by atoms with van der Waals surface area (Å²) in [6.07, 6.45) is 5.62. The minimum atomic E-state index is -1.03. The van der Waals surface area contributed by atoms with Crippen LogP contribution in [0.2, 0.25) is 0 Å². The molecule has 4 saturated carbocycles. The third-order valence-electron chi connectivity index (χ3n) is 6.97. The normalized spacial score (nSPS) is 37.3. The molecule has 4 bridgehead atoms. The molecule has 4 aliphatic carbocycles. The third-order valence-corrected chi connectivity index (χ3v) is 6.97. The van der Waals surface area contributed by atoms with Crippen LogP contribution in [0, 0.1) is 23.2 Å². The maximum Gasteiger partial charge on any atom is 0.326 e. The molecule has 5 rings (SSSR count). The van der Waals surface area contributed by atoms with Crippen molar-refractivity contribution in [1.82, 2.24) is 10.2 Å². The summed E-state index contributed by atoms with van der Waals surface area (Å²) in [5.41, 5.74) is -1.37. The van der Waals surface area contributed by atoms with Crippen LogP contribution in [0.15, 0.2) is 0 Å². The number of ketones is 1. The number of ether oxygens (including phenoxy) is 1. The van der Waals surface area contributed by atoms with Crippen LogP contribution in [0.5, 0.6) is 0 Å². The number of Topliss-reactive ketones (excluding diaryl/α,β-unsaturated/α-hetero) is 1. The maximum absolute atomic E-state index is 13.2. The van der Waals surface area contributed by atoms with Crippen molar-refractivity contribution in [3.63, 3.8) is 0 Å². The summed E-state index contributed by atoms with van der Waals surface area (Å²) in [5.74, 6) is 0.738. The average molecular weight is 376 g/mol. The Morgan fingerprint density at radius 3 is 2.07 bits per heavy atom. The fourth-order valence-electron chi connectivity index (χ4n) is 6.22. The maximum atomic E-state index is 13.2. The molecule has 1 aliphatic heterocycles. The van der Waals surface area contributed by atoms with Gasteiger partial charge in [0.2, 0.25) is 0 Å². The number of imide groups is 1. The Morgan fingerprint density at radius 1 is 1.11 bits per heavy atom. The zero-order valence-corrected chi connectivity index (χ0v) is 16.2. The van der Waals surface area contributed by atoms with Crippen LogP contribution >= 0.6 is 0 Å². The van der Waals surface area contributed by atoms with Gasteiger partial charge < -0.3 is 10.1 Å². The number of amides is 3. The fraction of sp³-hybridized carbons (Fsp3) is 0.800. The number of nitrogens with zero attached hydrogens (tertiary/aromatic N) is 1. The van der Waals surface area contributed by atoms with E-state index in [0.717, 1.165) is 24.2 Å². The summed E-state index contributed by atoms with van der Waals surface area (Å²) in [6.45, 7) is 4.32. The van der Waals surface area contributed by atoms with Crippen molar-refractivity contribution in [3.05, 3.63) is 0 Å². The Kier molecular flexibility index (Phi) is 4.13. The van der Waals surface area contributed by atoms with Gasteiger partial charge in [-0.25, -0.2) is 4.79 Å². The Balaban J connectivity index is 1.38. The summed E-state index contributed by atoms with van der Waals surface area (Å²) in [6, 6.07) is -0.609. The van der Waals surface area contributed by atoms with Gasteiger partial charge in [0.15, 0.2) is 11.9 Å². The van der Waals surface area contributed by atoms with Crippen molar-refractivity contribution in [1.29, 1.82) is 0 Å². The van der Waals surface area contributed by atoms with E-state index in [1.807, 2.05) is 0 Å². The first-order chi connectivity index (χ1) is 12.6. The van der Waals surface area contributed by atoms with Crippen LogP contribution in [-0.4, -0.2) is 46.8 Å². The van der Waals surface area contributed by atoms with Gasteiger partial charge >= 0.3 is 12.0 Å². The molecule has 0 spiro atoms. The number of carbonyl (C=O) groups excluding carboxylic acids is 4. The van der Waals surface area contributed by atoms with E-state index < -0.39 is 36.1 Å². The van der Waals surface area contributed by atoms with Gasteiger partial charge in [-0.15, -0.1) is 0 Å². The predicted octanol–water partition coefficient (Wildman–Crippen LogP) is 2.03. The highest BCUT2D eigenvalue weighted by Gasteiger charge is 2.55. The molecule has 1 heterocycles. The number of urea groups is 1. The molecule has 7 nitrogen and oxygen atoms in total. The van der Waals surface area contributed by atoms with Gasteiger partial charge in [0.25, 0.3) is 5.91 Å². The van der Waals surface area contributed by atoms with E-state index in [1.165, 1.54) is 19.3 Å². The highest BCUT2D eigenvalue weighted by atomic mass is 16.5. The molecule has 1 saturated heterocycles. The van der Waals surface area contributed by atoms with Gasteiger partial charge in [-0.3, -0.25) is 19.3 Å². The lowest BCUT2D eigenvalue weighted by atomic mass is 9.48. The van der Waals surface area contributed by atoms with Crippen LogP contribution in [-0.2, 0) is 19.1 Å². The SMILES string of the molecule is CC(OC(=O)CN1C(=O)NC(C)(C)C1=O)C(=O)C12CC3CC(CC(C3)C1)C2. The summed E-state index contributed by atoms with van der Waals surface area (Å²) in [4.78, 5) is 50.4. The molecule has 0 aromatic carbocycles. The summed E-state index contributed by atoms with van der Waals surface area (Å²) >= 11 is 0. The van der Waals surface area contributed by atoms with Gasteiger partial charge in [0.1, 0.15) is 12.1 Å². The predicted molar refractivity (Wildman–Crippen MR) is 95.5 cm³/mol. The standard InChI is InChI=1S/C20H28N2O5/c1-11(27-15(23)10-22-17(25)19(2,3)21-18(22)26)16(24)20-7-12-4-13(8-20)6-14(5-12)9-20/h11-14H,4-10H2,1-3H3,(H,21,26). The number of nitrogens with one attached hydrogen (secondary N) is 1. The molecule has 0 aromatic rings. The number of esters is 1. The Labute approximate surface area is 159 Å². The average Bonchev–Trinajstić information content (AvgIpc) is 2.74. The van der Waals surface area contributed by atoms with Crippen LogP contribution in [0.4, 0.5) is 4.79 Å². The topological polar surface area (TPSA) is 92.8 Å². The molecule has 148 valence electrons. The first-order valence-corrected chi connectivity index (χ1v) is 9.97. The molecule has 0 aromatic heterocycles. The van der Waals surface area contributed by atoms with E-state index in [-0.39, 0.29) is 11.2 Å². The smallest absolute Gasteiger partial charge is 0.326 e. The first kappa shape index (κ1) is 18.4. The van der Waals surface area contributed by atoms with E-state index in [1.54, 1.807) is 20.8 Å². The van der Waals surface area contributed by atoms with Crippen molar-refractivity contribution in [2.24, 2.45) is 23.2 Å². The Hall–Kier alpha value is -1.92. The van der Waals surface area contributed by atoms with Crippen molar-refractivity contribution >= 4 is 23.7 Å². The lowest BCUT2D eigenvalue weighted by Crippen LogP contribution is -2.53. The highest BCUT2D eigenvalue weighted by Crippen LogP contribution is 2.60. The lowest BCUT2D eigenvalue weighted by molar-refractivity contribution is -0.165. The van der Waals surface area contributed by atoms with Crippen molar-refractivity contribution in [2.75, 3.05) is 6.54 Å². The molecular formula is C20H28N2O5. The Bertz CT molecular complexity index is 678. The lowest BCUT2D eigenvalue weighted by Gasteiger charge is -2.56. The summed E-state index contributed by atoms with van der Waals surface area (Å²) in [7, 11) is 0. The molecule has 5 fully saturated rings. The minimum absolute atomic E-state index is 0.0208. The van der Waals surface area contributed by atoms with Crippen LogP contribution in [0.1, 0.15) is 59.3 Å². The van der Waals surface area contributed by atoms with Crippen molar-refractivity contribution in [2.45, 2.75) is 70.9 Å². The molecule has 3 amide bonds. The second-order valence-corrected chi connectivity index (χ2v) is 9.64. The van der Waals surface area contributed by atoms with Crippen LogP contribution < -0.4 is 5.32 Å². The van der Waals surface area contributed by atoms with E-state index in [0.29, 0.717) is 17.8 Å². The summed E-state index contributed by atoms with van der Waals surface area (Å²) < 4.78 is 5.37. The van der Waals surface area contributed by atoms with Gasteiger partial charge in [0, 0.05) is 5.41 Å². The fourth-order valence-corrected chi connectivity index (χ4v) is 6.22. The number of carbonyl (C=O) groups is 4. The van der Waals surface area contributed by atoms with Gasteiger partial charge in [-0.05, 0) is 77.0 Å². The molecular weight excluding hydrogens is 348 g/mol. The quantitative estimate of drug-likeness (QED) is 0.585. The molecule has 1 unspecified atom stereocenters. The second-order valence-electron chi connectivity index (χ2n) is 9.64. The van der Waals surface area contributed by atoms with E-state index in [4.69, 9.17) is 4.74 Å². The van der Waals surface area contributed by atoms with Gasteiger partial charge in [-0.2, -0.15) is 0 Å². The summed E-state index contributed by atoms with van der Waals surface area (Å²) in [5, 5.41) is 2.53. The number of hydrogen-bond acceptors (Lipinski definition) is 5. The van der Waals surface area contributed by atoms with E-state index >= 15 is 0 Å². The van der Waals surface area contributed by atoms with Crippen molar-refractivity contribution in [3.8, 4) is 0 Å². The molecule has 27 heavy (non-hydrogen) atoms. The highest BCUT2D eigenvalue weighted by molar-refractivity contribution is 6.08. The van der Waals surface area contributed by atoms with Gasteiger partial charge in [0.05, 0.1) is 0 Å². The van der Waals surface area contributed by atoms with E-state index in [9.17, 15) is 19.2 Å². The molecule has 1 atom stereocenters. The zero-order chi connectivity index (χ0) is 19.6. The molecule has 1 N–H and O–H groups in total. The van der Waals surface area contributed by atoms with Crippen LogP contribution in [0.25, 0.3) is 0 Å². The molecule has 0 radical (unpaired) electrons. The molecule has 7 heteroatoms. The monoisotopic (exact) mass is 376 g/mol. The van der Waals surface area contributed by atoms with E-state index in [2.05, 4.69) is 5.32 Å². The first-order valence-electron chi connectivity index (χ1n) is 9.97. The van der Waals surface area contributed by atoms with Crippen molar-refractivity contribution < 1.29 is 23.9 Å². The largest absolute Gasteiger partial charge is 0.453 e.